The first-order valence-electron chi connectivity index (χ1n) is 7.21. The molecule has 0 saturated carbocycles. The van der Waals surface area contributed by atoms with Crippen LogP contribution in [0.25, 0.3) is 21.3 Å². The molecule has 0 saturated heterocycles. The topological polar surface area (TPSA) is 25.8 Å². The van der Waals surface area contributed by atoms with Gasteiger partial charge < -0.3 is 0 Å². The second-order valence-electron chi connectivity index (χ2n) is 5.10. The Morgan fingerprint density at radius 1 is 0.864 bits per heavy atom. The fourth-order valence-corrected chi connectivity index (χ4v) is 4.30. The lowest BCUT2D eigenvalue weighted by Crippen LogP contribution is -1.95. The Bertz CT molecular complexity index is 880. The zero-order valence-corrected chi connectivity index (χ0v) is 13.5. The molecule has 108 valence electrons. The van der Waals surface area contributed by atoms with E-state index in [0.29, 0.717) is 0 Å². The van der Waals surface area contributed by atoms with Crippen LogP contribution in [0.4, 0.5) is 0 Å². The highest BCUT2D eigenvalue weighted by molar-refractivity contribution is 7.17. The fraction of sp³-hybridized carbons (Fsp3) is 0.111. The number of fused-ring (bicyclic) bond motifs is 1. The largest absolute Gasteiger partial charge is 0.241 e. The third-order valence-corrected chi connectivity index (χ3v) is 5.54. The molecule has 3 aromatic heterocycles. The van der Waals surface area contributed by atoms with Crippen LogP contribution in [0.5, 0.6) is 0 Å². The minimum atomic E-state index is 0.954. The summed E-state index contributed by atoms with van der Waals surface area (Å²) in [6.07, 6.45) is 3.68. The van der Waals surface area contributed by atoms with Crippen LogP contribution < -0.4 is 0 Å². The molecule has 0 amide bonds. The zero-order chi connectivity index (χ0) is 14.8. The maximum Gasteiger partial charge on any atom is 0.127 e. The molecule has 0 fully saturated rings. The number of hydrogen-bond donors (Lipinski definition) is 0. The van der Waals surface area contributed by atoms with E-state index in [4.69, 9.17) is 0 Å². The highest BCUT2D eigenvalue weighted by Crippen LogP contribution is 2.34. The minimum Gasteiger partial charge on any atom is -0.241 e. The molecule has 0 aliphatic carbocycles. The van der Waals surface area contributed by atoms with E-state index in [9.17, 15) is 0 Å². The van der Waals surface area contributed by atoms with Gasteiger partial charge in [0.15, 0.2) is 0 Å². The summed E-state index contributed by atoms with van der Waals surface area (Å²) < 4.78 is 0. The Hall–Kier alpha value is -2.04. The molecule has 0 aliphatic rings. The highest BCUT2D eigenvalue weighted by atomic mass is 32.1. The van der Waals surface area contributed by atoms with Crippen LogP contribution >= 0.6 is 22.7 Å². The van der Waals surface area contributed by atoms with Crippen LogP contribution in [0.3, 0.4) is 0 Å². The van der Waals surface area contributed by atoms with E-state index in [0.717, 1.165) is 23.4 Å². The molecular formula is C18H14N2S2. The van der Waals surface area contributed by atoms with Gasteiger partial charge in [-0.2, -0.15) is 0 Å². The van der Waals surface area contributed by atoms with Crippen molar-refractivity contribution in [1.29, 1.82) is 0 Å². The van der Waals surface area contributed by atoms with Crippen molar-refractivity contribution in [1.82, 2.24) is 9.97 Å². The molecule has 0 N–H and O–H groups in total. The monoisotopic (exact) mass is 322 g/mol. The van der Waals surface area contributed by atoms with Crippen molar-refractivity contribution < 1.29 is 0 Å². The quantitative estimate of drug-likeness (QED) is 0.516. The maximum absolute atomic E-state index is 4.56. The number of nitrogens with zero attached hydrogens (tertiary/aromatic N) is 2. The van der Waals surface area contributed by atoms with Gasteiger partial charge in [0.1, 0.15) is 11.2 Å². The minimum absolute atomic E-state index is 0.954. The molecule has 22 heavy (non-hydrogen) atoms. The summed E-state index contributed by atoms with van der Waals surface area (Å²) in [5.74, 6) is 0. The van der Waals surface area contributed by atoms with Crippen molar-refractivity contribution >= 4 is 32.9 Å². The predicted octanol–water partition coefficient (Wildman–Crippen LogP) is 5.21. The van der Waals surface area contributed by atoms with Gasteiger partial charge in [0.05, 0.1) is 5.69 Å². The van der Waals surface area contributed by atoms with Crippen LogP contribution in [0, 0.1) is 0 Å². The molecule has 3 heterocycles. The van der Waals surface area contributed by atoms with E-state index in [1.807, 2.05) is 17.4 Å². The van der Waals surface area contributed by atoms with Gasteiger partial charge >= 0.3 is 0 Å². The third kappa shape index (κ3) is 2.56. The molecule has 0 unspecified atom stereocenters. The normalized spacial score (nSPS) is 11.1. The number of rotatable bonds is 4. The lowest BCUT2D eigenvalue weighted by Gasteiger charge is -2.05. The van der Waals surface area contributed by atoms with Gasteiger partial charge in [-0.15, -0.1) is 22.7 Å². The van der Waals surface area contributed by atoms with Crippen molar-refractivity contribution in [2.75, 3.05) is 0 Å². The Labute approximate surface area is 137 Å². The summed E-state index contributed by atoms with van der Waals surface area (Å²) in [4.78, 5) is 11.5. The molecule has 4 rings (SSSR count). The first-order chi connectivity index (χ1) is 10.9. The highest BCUT2D eigenvalue weighted by Gasteiger charge is 2.12. The van der Waals surface area contributed by atoms with Gasteiger partial charge in [-0.3, -0.25) is 0 Å². The second-order valence-corrected chi connectivity index (χ2v) is 6.99. The van der Waals surface area contributed by atoms with Crippen molar-refractivity contribution in [3.8, 4) is 11.1 Å². The van der Waals surface area contributed by atoms with Gasteiger partial charge in [0.2, 0.25) is 0 Å². The Morgan fingerprint density at radius 3 is 2.59 bits per heavy atom. The maximum atomic E-state index is 4.56. The first kappa shape index (κ1) is 13.6. The van der Waals surface area contributed by atoms with Crippen LogP contribution in [0.1, 0.15) is 10.6 Å². The summed E-state index contributed by atoms with van der Waals surface area (Å²) in [5.41, 5.74) is 3.64. The molecule has 0 bridgehead atoms. The molecule has 0 radical (unpaired) electrons. The number of hydrogen-bond acceptors (Lipinski definition) is 4. The lowest BCUT2D eigenvalue weighted by molar-refractivity contribution is 0.933. The fourth-order valence-electron chi connectivity index (χ4n) is 2.65. The van der Waals surface area contributed by atoms with E-state index < -0.39 is 0 Å². The number of benzene rings is 1. The molecule has 0 aliphatic heterocycles. The summed E-state index contributed by atoms with van der Waals surface area (Å²) in [6, 6.07) is 14.8. The van der Waals surface area contributed by atoms with Crippen molar-refractivity contribution in [2.45, 2.75) is 12.8 Å². The van der Waals surface area contributed by atoms with Gasteiger partial charge in [-0.25, -0.2) is 9.97 Å². The summed E-state index contributed by atoms with van der Waals surface area (Å²) in [7, 11) is 0. The van der Waals surface area contributed by atoms with Gasteiger partial charge in [0, 0.05) is 21.2 Å². The Balaban J connectivity index is 1.76. The Morgan fingerprint density at radius 2 is 1.77 bits per heavy atom. The number of aryl methyl sites for hydroxylation is 2. The SMILES string of the molecule is c1ccc(-c2csc3ncnc(CCc4cccs4)c23)cc1. The Kier molecular flexibility index (Phi) is 3.70. The van der Waals surface area contributed by atoms with Crippen LogP contribution in [-0.2, 0) is 12.8 Å². The summed E-state index contributed by atoms with van der Waals surface area (Å²) in [5, 5.41) is 5.55. The van der Waals surface area contributed by atoms with Crippen LogP contribution in [0.2, 0.25) is 0 Å². The van der Waals surface area contributed by atoms with E-state index in [1.165, 1.54) is 21.4 Å². The van der Waals surface area contributed by atoms with Gasteiger partial charge in [-0.1, -0.05) is 36.4 Å². The van der Waals surface area contributed by atoms with E-state index >= 15 is 0 Å². The van der Waals surface area contributed by atoms with Crippen LogP contribution in [0.15, 0.2) is 59.6 Å². The standard InChI is InChI=1S/C18H14N2S2/c1-2-5-13(6-3-1)15-11-22-18-17(15)16(19-12-20-18)9-8-14-7-4-10-21-14/h1-7,10-12H,8-9H2. The van der Waals surface area contributed by atoms with E-state index in [1.54, 1.807) is 17.7 Å². The molecular weight excluding hydrogens is 308 g/mol. The molecule has 4 heteroatoms. The van der Waals surface area contributed by atoms with Crippen molar-refractivity contribution in [3.05, 3.63) is 70.1 Å². The third-order valence-electron chi connectivity index (χ3n) is 3.72. The molecule has 0 spiro atoms. The average molecular weight is 322 g/mol. The van der Waals surface area contributed by atoms with Crippen LogP contribution in [-0.4, -0.2) is 9.97 Å². The van der Waals surface area contributed by atoms with Gasteiger partial charge in [0.25, 0.3) is 0 Å². The van der Waals surface area contributed by atoms with Gasteiger partial charge in [-0.05, 0) is 29.9 Å². The first-order valence-corrected chi connectivity index (χ1v) is 8.96. The molecule has 0 atom stereocenters. The van der Waals surface area contributed by atoms with Crippen molar-refractivity contribution in [2.24, 2.45) is 0 Å². The summed E-state index contributed by atoms with van der Waals surface area (Å²) in [6.45, 7) is 0. The summed E-state index contributed by atoms with van der Waals surface area (Å²) >= 11 is 3.51. The smallest absolute Gasteiger partial charge is 0.127 e. The average Bonchev–Trinajstić information content (AvgIpc) is 3.23. The number of aromatic nitrogens is 2. The predicted molar refractivity (Wildman–Crippen MR) is 94.6 cm³/mol. The second kappa shape index (κ2) is 5.99. The van der Waals surface area contributed by atoms with Crippen molar-refractivity contribution in [3.63, 3.8) is 0 Å². The lowest BCUT2D eigenvalue weighted by atomic mass is 10.0. The zero-order valence-electron chi connectivity index (χ0n) is 11.9. The molecule has 4 aromatic rings. The number of thiophene rings is 2. The van der Waals surface area contributed by atoms with E-state index in [-0.39, 0.29) is 0 Å². The molecule has 2 nitrogen and oxygen atoms in total. The van der Waals surface area contributed by atoms with E-state index in [2.05, 4.69) is 57.1 Å². The molecule has 1 aromatic carbocycles.